The lowest BCUT2D eigenvalue weighted by Gasteiger charge is -2.30. The molecule has 3 amide bonds. The van der Waals surface area contributed by atoms with Gasteiger partial charge >= 0.3 is 6.09 Å². The molecule has 0 aliphatic rings. The highest BCUT2D eigenvalue weighted by atomic mass is 32.1. The van der Waals surface area contributed by atoms with E-state index in [1.807, 2.05) is 110 Å². The first-order valence-corrected chi connectivity index (χ1v) is 24.0. The number of hydrogen-bond donors (Lipinski definition) is 6. The minimum absolute atomic E-state index is 0.131. The van der Waals surface area contributed by atoms with Gasteiger partial charge in [-0.05, 0) is 137 Å². The van der Waals surface area contributed by atoms with Gasteiger partial charge < -0.3 is 31.7 Å². The molecule has 16 heteroatoms. The molecule has 69 heavy (non-hydrogen) atoms. The summed E-state index contributed by atoms with van der Waals surface area (Å²) in [4.78, 5) is 56.2. The zero-order valence-corrected chi connectivity index (χ0v) is 40.8. The van der Waals surface area contributed by atoms with Gasteiger partial charge in [-0.25, -0.2) is 14.8 Å². The Morgan fingerprint density at radius 1 is 0.609 bits per heavy atom. The fraction of sp³-hybridized carbons (Fsp3) is 0.189. The van der Waals surface area contributed by atoms with Gasteiger partial charge in [0.25, 0.3) is 11.8 Å². The largest absolute Gasteiger partial charge is 0.465 e. The van der Waals surface area contributed by atoms with E-state index in [1.165, 1.54) is 28.2 Å². The maximum atomic E-state index is 12.9. The average molecular weight is 959 g/mol. The van der Waals surface area contributed by atoms with Crippen LogP contribution in [0, 0.1) is 13.8 Å². The van der Waals surface area contributed by atoms with Crippen LogP contribution in [0.4, 0.5) is 37.8 Å². The van der Waals surface area contributed by atoms with Gasteiger partial charge in [0, 0.05) is 106 Å². The molecule has 8 aromatic rings. The van der Waals surface area contributed by atoms with Crippen LogP contribution in [-0.2, 0) is 13.1 Å². The van der Waals surface area contributed by atoms with Crippen LogP contribution >= 0.6 is 22.7 Å². The second-order valence-electron chi connectivity index (χ2n) is 16.7. The molecule has 0 bridgehead atoms. The summed E-state index contributed by atoms with van der Waals surface area (Å²) in [6, 6.07) is 34.8. The van der Waals surface area contributed by atoms with Crippen molar-refractivity contribution in [2.45, 2.75) is 66.7 Å². The van der Waals surface area contributed by atoms with Crippen molar-refractivity contribution >= 4 is 73.6 Å². The molecule has 6 N–H and O–H groups in total. The van der Waals surface area contributed by atoms with Crippen LogP contribution in [-0.4, -0.2) is 59.9 Å². The van der Waals surface area contributed by atoms with E-state index in [0.29, 0.717) is 28.9 Å². The van der Waals surface area contributed by atoms with Crippen molar-refractivity contribution in [3.8, 4) is 22.5 Å². The Morgan fingerprint density at radius 2 is 1.06 bits per heavy atom. The first kappa shape index (κ1) is 49.1. The smallest absolute Gasteiger partial charge is 0.404 e. The molecule has 8 rings (SSSR count). The van der Waals surface area contributed by atoms with Gasteiger partial charge in [0.2, 0.25) is 0 Å². The van der Waals surface area contributed by atoms with E-state index < -0.39 is 6.09 Å². The summed E-state index contributed by atoms with van der Waals surface area (Å²) in [6.07, 6.45) is 5.96. The minimum Gasteiger partial charge on any atom is -0.465 e. The maximum Gasteiger partial charge on any atom is 0.404 e. The Balaban J connectivity index is 0.000000205. The van der Waals surface area contributed by atoms with Crippen molar-refractivity contribution in [3.05, 3.63) is 178 Å². The van der Waals surface area contributed by atoms with E-state index in [2.05, 4.69) is 79.1 Å². The second-order valence-corrected chi connectivity index (χ2v) is 18.4. The van der Waals surface area contributed by atoms with Gasteiger partial charge in [0.05, 0.1) is 11.4 Å². The normalized spacial score (nSPS) is 10.9. The average Bonchev–Trinajstić information content (AvgIpc) is 4.03. The number of aromatic nitrogens is 4. The standard InChI is InChI=1S/C29H33N5OS.C24H21N5O3S/c1-19(2)34(20(3)4)17-22-9-11-23(12-10-22)28(35)31-25-13-8-21(5)26(15-25)32-29-33-27(18-36-29)24-7-6-14-30-16-24;1-15-4-9-19(27-22(30)17-7-5-16(6-8-17)12-26-24(31)32)11-20(15)28-23-29-21(14-33-23)18-3-2-10-25-13-18/h6-16,18-20H,17H2,1-5H3,(H,31,35)(H,32,33);2-11,13-14,26H,12H2,1H3,(H,27,30)(H,28,29)(H,31,32). The van der Waals surface area contributed by atoms with Crippen LogP contribution in [0.3, 0.4) is 0 Å². The molecule has 4 aromatic carbocycles. The van der Waals surface area contributed by atoms with Crippen molar-refractivity contribution in [3.63, 3.8) is 0 Å². The number of thiazole rings is 2. The van der Waals surface area contributed by atoms with Crippen LogP contribution in [0.1, 0.15) is 70.7 Å². The topological polar surface area (TPSA) is 186 Å². The number of benzene rings is 4. The molecule has 0 saturated carbocycles. The third kappa shape index (κ3) is 13.9. The lowest BCUT2D eigenvalue weighted by molar-refractivity contribution is 0.101. The fourth-order valence-corrected chi connectivity index (χ4v) is 8.61. The lowest BCUT2D eigenvalue weighted by Crippen LogP contribution is -2.36. The number of carbonyl (C=O) groups excluding carboxylic acids is 2. The first-order valence-electron chi connectivity index (χ1n) is 22.3. The van der Waals surface area contributed by atoms with Crippen LogP contribution < -0.4 is 26.6 Å². The molecule has 14 nitrogen and oxygen atoms in total. The summed E-state index contributed by atoms with van der Waals surface area (Å²) in [7, 11) is 0. The van der Waals surface area contributed by atoms with E-state index in [-0.39, 0.29) is 18.4 Å². The van der Waals surface area contributed by atoms with Gasteiger partial charge in [-0.3, -0.25) is 24.5 Å². The summed E-state index contributed by atoms with van der Waals surface area (Å²) in [5, 5.41) is 29.1. The molecule has 0 unspecified atom stereocenters. The number of carbonyl (C=O) groups is 3. The van der Waals surface area contributed by atoms with Crippen molar-refractivity contribution in [2.75, 3.05) is 21.3 Å². The number of nitrogens with zero attached hydrogens (tertiary/aromatic N) is 5. The van der Waals surface area contributed by atoms with Crippen LogP contribution in [0.5, 0.6) is 0 Å². The predicted octanol–water partition coefficient (Wildman–Crippen LogP) is 12.4. The Kier molecular flexibility index (Phi) is 16.6. The summed E-state index contributed by atoms with van der Waals surface area (Å²) in [6.45, 7) is 13.9. The zero-order chi connectivity index (χ0) is 48.9. The number of anilines is 6. The highest BCUT2D eigenvalue weighted by Crippen LogP contribution is 2.31. The van der Waals surface area contributed by atoms with Gasteiger partial charge in [0.1, 0.15) is 0 Å². The summed E-state index contributed by atoms with van der Waals surface area (Å²) in [5.41, 5.74) is 11.9. The van der Waals surface area contributed by atoms with Crippen molar-refractivity contribution < 1.29 is 19.5 Å². The Labute approximate surface area is 410 Å². The quantitative estimate of drug-likeness (QED) is 0.0541. The highest BCUT2D eigenvalue weighted by molar-refractivity contribution is 7.14. The Morgan fingerprint density at radius 3 is 1.46 bits per heavy atom. The molecule has 0 fully saturated rings. The van der Waals surface area contributed by atoms with Crippen molar-refractivity contribution in [1.82, 2.24) is 30.2 Å². The molecule has 0 atom stereocenters. The molecule has 0 radical (unpaired) electrons. The van der Waals surface area contributed by atoms with E-state index in [4.69, 9.17) is 5.11 Å². The number of rotatable bonds is 16. The van der Waals surface area contributed by atoms with E-state index in [1.54, 1.807) is 49.1 Å². The van der Waals surface area contributed by atoms with E-state index in [0.717, 1.165) is 73.1 Å². The van der Waals surface area contributed by atoms with Crippen LogP contribution in [0.2, 0.25) is 0 Å². The molecule has 0 aliphatic heterocycles. The molecule has 4 aromatic heterocycles. The van der Waals surface area contributed by atoms with Crippen molar-refractivity contribution in [1.29, 1.82) is 0 Å². The van der Waals surface area contributed by atoms with Gasteiger partial charge in [-0.1, -0.05) is 36.4 Å². The molecular formula is C53H54N10O4S2. The second kappa shape index (κ2) is 23.3. The Hall–Kier alpha value is -7.79. The highest BCUT2D eigenvalue weighted by Gasteiger charge is 2.16. The number of carboxylic acid groups (broad SMARTS) is 1. The molecular weight excluding hydrogens is 905 g/mol. The monoisotopic (exact) mass is 958 g/mol. The number of amides is 3. The molecule has 0 saturated heterocycles. The summed E-state index contributed by atoms with van der Waals surface area (Å²) >= 11 is 3.02. The fourth-order valence-electron chi connectivity index (χ4n) is 7.15. The third-order valence-electron chi connectivity index (χ3n) is 11.0. The van der Waals surface area contributed by atoms with Crippen LogP contribution in [0.15, 0.2) is 145 Å². The number of pyridine rings is 2. The number of hydrogen-bond acceptors (Lipinski definition) is 12. The molecule has 0 aliphatic carbocycles. The molecule has 0 spiro atoms. The number of aryl methyl sites for hydroxylation is 2. The van der Waals surface area contributed by atoms with Crippen molar-refractivity contribution in [2.24, 2.45) is 0 Å². The summed E-state index contributed by atoms with van der Waals surface area (Å²) < 4.78 is 0. The van der Waals surface area contributed by atoms with Gasteiger partial charge in [-0.15, -0.1) is 22.7 Å². The SMILES string of the molecule is Cc1ccc(NC(=O)c2ccc(CN(C(C)C)C(C)C)cc2)cc1Nc1nc(-c2cccnc2)cs1.Cc1ccc(NC(=O)c2ccc(CNC(=O)O)cc2)cc1Nc1nc(-c2cccnc2)cs1. The van der Waals surface area contributed by atoms with Gasteiger partial charge in [0.15, 0.2) is 10.3 Å². The predicted molar refractivity (Wildman–Crippen MR) is 279 cm³/mol. The number of nitrogens with one attached hydrogen (secondary N) is 5. The minimum atomic E-state index is -1.09. The van der Waals surface area contributed by atoms with E-state index in [9.17, 15) is 14.4 Å². The maximum absolute atomic E-state index is 12.9. The summed E-state index contributed by atoms with van der Waals surface area (Å²) in [5.74, 6) is -0.385. The van der Waals surface area contributed by atoms with E-state index >= 15 is 0 Å². The first-order chi connectivity index (χ1) is 33.3. The zero-order valence-electron chi connectivity index (χ0n) is 39.1. The molecule has 4 heterocycles. The van der Waals surface area contributed by atoms with Gasteiger partial charge in [-0.2, -0.15) is 0 Å². The third-order valence-corrected chi connectivity index (χ3v) is 12.5. The lowest BCUT2D eigenvalue weighted by atomic mass is 10.1. The Bertz CT molecular complexity index is 2970. The molecule has 352 valence electrons. The van der Waals surface area contributed by atoms with Crippen LogP contribution in [0.25, 0.3) is 22.5 Å².